The molecule has 504 valence electrons. The number of halogens is 1. The zero-order valence-electron chi connectivity index (χ0n) is 58.3. The second-order valence-corrected chi connectivity index (χ2v) is 29.6. The van der Waals surface area contributed by atoms with E-state index in [1.54, 1.807) is 22.7 Å². The molecule has 12 aromatic carbocycles. The van der Waals surface area contributed by atoms with Gasteiger partial charge in [-0.15, -0.1) is 35.5 Å². The number of benzene rings is 12. The number of pyridine rings is 4. The molecular formula is C94H64BBrN6O2S2. The van der Waals surface area contributed by atoms with Gasteiger partial charge in [-0.25, -0.2) is 19.9 Å². The van der Waals surface area contributed by atoms with E-state index in [1.165, 1.54) is 59.6 Å². The van der Waals surface area contributed by atoms with Crippen LogP contribution in [0.5, 0.6) is 0 Å². The van der Waals surface area contributed by atoms with Crippen molar-refractivity contribution in [3.63, 3.8) is 0 Å². The van der Waals surface area contributed by atoms with Gasteiger partial charge in [0.2, 0.25) is 0 Å². The lowest BCUT2D eigenvalue weighted by atomic mass is 9.79. The number of terminal acetylenes is 2. The van der Waals surface area contributed by atoms with Crippen molar-refractivity contribution in [3.8, 4) is 114 Å². The van der Waals surface area contributed by atoms with Crippen molar-refractivity contribution in [1.29, 1.82) is 0 Å². The van der Waals surface area contributed by atoms with E-state index in [2.05, 4.69) is 332 Å². The zero-order chi connectivity index (χ0) is 72.3. The van der Waals surface area contributed by atoms with Crippen LogP contribution in [0.4, 0.5) is 0 Å². The number of thiazole rings is 2. The van der Waals surface area contributed by atoms with Gasteiger partial charge >= 0.3 is 7.12 Å². The van der Waals surface area contributed by atoms with E-state index in [-0.39, 0.29) is 18.3 Å². The Hall–Kier alpha value is -12.3. The quantitative estimate of drug-likeness (QED) is 0.0843. The van der Waals surface area contributed by atoms with Crippen molar-refractivity contribution in [2.24, 2.45) is 0 Å². The molecule has 7 heterocycles. The van der Waals surface area contributed by atoms with E-state index in [0.717, 1.165) is 113 Å². The van der Waals surface area contributed by atoms with Gasteiger partial charge in [-0.3, -0.25) is 9.97 Å². The fraction of sp³-hybridized carbons (Fsp3) is 0.0638. The fourth-order valence-corrected chi connectivity index (χ4v) is 15.7. The van der Waals surface area contributed by atoms with Gasteiger partial charge < -0.3 is 9.31 Å². The maximum Gasteiger partial charge on any atom is 0.494 e. The topological polar surface area (TPSA) is 95.8 Å². The molecule has 1 saturated heterocycles. The summed E-state index contributed by atoms with van der Waals surface area (Å²) in [5, 5.41) is 11.3. The SMILES string of the molecule is Brc1ccc(-c2ccc(-c3ccc4ccc5cccnc5c4n3)c3ccccc23)cc1.C#CC#CC#C.CC1(C)OB(c2ccc3nc(-c4ccccc4)sc3c2)OC1(C)C.c1ccc(-c2nc3ccc(-c4ccc(-c5ccc(-c6ccc7ccc8cccnc8c7n6)c6ccccc56)cc4)cc3s2)cc1. The predicted molar refractivity (Wildman–Crippen MR) is 449 cm³/mol. The standard InChI is InChI=1S/C41H25N3S.C28H17BrN2.C19H20BNO2S.C6H2/c1-2-7-30(8-3-1)41-44-37-23-19-31(25-38(37)45-41)26-12-14-27(15-13-26)32-20-21-35(34-11-5-4-10-33(32)34)36-22-18-29-17-16-28-9-6-24-42-39(28)40(29)43-36;29-21-12-9-18(10-13-21)22-14-15-25(24-6-2-1-5-23(22)24)26-16-11-20-8-7-19-4-3-17-30-27(19)28(20)31-26;1-18(2)19(3,4)23-20(22-18)14-10-11-15-16(12-14)24-17(21-15)13-8-6-5-7-9-13;1-3-5-6-4-2/h1-25H;1-17H;5-12H,1-4H3;1-2H. The van der Waals surface area contributed by atoms with Crippen LogP contribution < -0.4 is 5.46 Å². The highest BCUT2D eigenvalue weighted by molar-refractivity contribution is 9.10. The normalized spacial score (nSPS) is 12.7. The highest BCUT2D eigenvalue weighted by Gasteiger charge is 2.51. The van der Waals surface area contributed by atoms with E-state index in [4.69, 9.17) is 42.1 Å². The second kappa shape index (κ2) is 29.5. The van der Waals surface area contributed by atoms with Gasteiger partial charge in [-0.2, -0.15) is 0 Å². The van der Waals surface area contributed by atoms with E-state index >= 15 is 0 Å². The number of fused-ring (bicyclic) bond motifs is 10. The summed E-state index contributed by atoms with van der Waals surface area (Å²) < 4.78 is 15.7. The first-order chi connectivity index (χ1) is 51.8. The predicted octanol–water partition coefficient (Wildman–Crippen LogP) is 23.8. The van der Waals surface area contributed by atoms with Crippen LogP contribution in [-0.4, -0.2) is 48.2 Å². The lowest BCUT2D eigenvalue weighted by Crippen LogP contribution is -2.41. The van der Waals surface area contributed by atoms with Crippen molar-refractivity contribution in [3.05, 3.63) is 308 Å². The summed E-state index contributed by atoms with van der Waals surface area (Å²) in [5.41, 5.74) is 19.9. The molecule has 1 fully saturated rings. The number of aromatic nitrogens is 6. The van der Waals surface area contributed by atoms with Crippen LogP contribution in [0.15, 0.2) is 308 Å². The highest BCUT2D eigenvalue weighted by Crippen LogP contribution is 2.42. The summed E-state index contributed by atoms with van der Waals surface area (Å²) in [4.78, 5) is 29.1. The molecule has 0 spiro atoms. The zero-order valence-corrected chi connectivity index (χ0v) is 61.5. The molecule has 0 saturated carbocycles. The molecule has 0 amide bonds. The first-order valence-corrected chi connectivity index (χ1v) is 37.1. The third kappa shape index (κ3) is 13.8. The van der Waals surface area contributed by atoms with E-state index < -0.39 is 0 Å². The summed E-state index contributed by atoms with van der Waals surface area (Å²) in [6.07, 6.45) is 13.1. The maximum absolute atomic E-state index is 6.15. The molecule has 0 bridgehead atoms. The molecule has 19 rings (SSSR count). The van der Waals surface area contributed by atoms with Crippen molar-refractivity contribution in [1.82, 2.24) is 29.9 Å². The lowest BCUT2D eigenvalue weighted by Gasteiger charge is -2.32. The molecule has 12 heteroatoms. The molecule has 1 aliphatic rings. The number of rotatable bonds is 8. The summed E-state index contributed by atoms with van der Waals surface area (Å²) in [5.74, 6) is 8.61. The fourth-order valence-electron chi connectivity index (χ4n) is 13.4. The van der Waals surface area contributed by atoms with Crippen LogP contribution in [0, 0.1) is 36.5 Å². The highest BCUT2D eigenvalue weighted by atomic mass is 79.9. The number of hydrogen-bond acceptors (Lipinski definition) is 10. The molecule has 106 heavy (non-hydrogen) atoms. The Morgan fingerprint density at radius 3 is 1.21 bits per heavy atom. The summed E-state index contributed by atoms with van der Waals surface area (Å²) in [7, 11) is -0.332. The van der Waals surface area contributed by atoms with Crippen LogP contribution >= 0.6 is 38.6 Å². The van der Waals surface area contributed by atoms with E-state index in [1.807, 2.05) is 48.8 Å². The van der Waals surface area contributed by atoms with E-state index in [0.29, 0.717) is 0 Å². The van der Waals surface area contributed by atoms with Crippen LogP contribution in [0.1, 0.15) is 27.7 Å². The largest absolute Gasteiger partial charge is 0.494 e. The molecular weight excluding hydrogens is 1400 g/mol. The van der Waals surface area contributed by atoms with Crippen molar-refractivity contribution in [2.75, 3.05) is 0 Å². The number of hydrogen-bond donors (Lipinski definition) is 0. The summed E-state index contributed by atoms with van der Waals surface area (Å²) in [6.45, 7) is 8.30. The Labute approximate surface area is 631 Å². The maximum atomic E-state index is 6.15. The Balaban J connectivity index is 0.000000123. The molecule has 0 unspecified atom stereocenters. The smallest absolute Gasteiger partial charge is 0.399 e. The Bertz CT molecular complexity index is 6500. The van der Waals surface area contributed by atoms with Gasteiger partial charge in [-0.05, 0) is 172 Å². The average Bonchev–Trinajstić information content (AvgIpc) is 1.76. The van der Waals surface area contributed by atoms with Gasteiger partial charge in [0.15, 0.2) is 0 Å². The minimum absolute atomic E-state index is 0.324. The second-order valence-electron chi connectivity index (χ2n) is 26.6. The molecule has 8 nitrogen and oxygen atoms in total. The first-order valence-electron chi connectivity index (χ1n) is 34.7. The summed E-state index contributed by atoms with van der Waals surface area (Å²) >= 11 is 6.98. The van der Waals surface area contributed by atoms with Crippen molar-refractivity contribution in [2.45, 2.75) is 38.9 Å². The van der Waals surface area contributed by atoms with Crippen molar-refractivity contribution < 1.29 is 9.31 Å². The molecule has 0 radical (unpaired) electrons. The third-order valence-corrected chi connectivity index (χ3v) is 22.2. The molecule has 0 atom stereocenters. The molecule has 18 aromatic rings. The third-order valence-electron chi connectivity index (χ3n) is 19.5. The molecule has 0 N–H and O–H groups in total. The van der Waals surface area contributed by atoms with Crippen LogP contribution in [-0.2, 0) is 9.31 Å². The van der Waals surface area contributed by atoms with Gasteiger partial charge in [0.1, 0.15) is 10.0 Å². The van der Waals surface area contributed by atoms with Crippen LogP contribution in [0.3, 0.4) is 0 Å². The van der Waals surface area contributed by atoms with Crippen molar-refractivity contribution >= 4 is 137 Å². The van der Waals surface area contributed by atoms with E-state index in [9.17, 15) is 0 Å². The Morgan fingerprint density at radius 1 is 0.349 bits per heavy atom. The van der Waals surface area contributed by atoms with Gasteiger partial charge in [-0.1, -0.05) is 246 Å². The monoisotopic (exact) mass is 1460 g/mol. The van der Waals surface area contributed by atoms with Crippen LogP contribution in [0.25, 0.3) is 163 Å². The average molecular weight is 1460 g/mol. The summed E-state index contributed by atoms with van der Waals surface area (Å²) in [6, 6.07) is 102. The van der Waals surface area contributed by atoms with Crippen LogP contribution in [0.2, 0.25) is 0 Å². The molecule has 1 aliphatic heterocycles. The van der Waals surface area contributed by atoms with Gasteiger partial charge in [0.25, 0.3) is 0 Å². The Kier molecular flexibility index (Phi) is 18.9. The Morgan fingerprint density at radius 2 is 0.736 bits per heavy atom. The van der Waals surface area contributed by atoms with Gasteiger partial charge in [0, 0.05) is 60.7 Å². The minimum Gasteiger partial charge on any atom is -0.399 e. The van der Waals surface area contributed by atoms with Gasteiger partial charge in [0.05, 0.1) is 65.1 Å². The number of nitrogens with zero attached hydrogens (tertiary/aromatic N) is 6. The lowest BCUT2D eigenvalue weighted by molar-refractivity contribution is 0.00578. The minimum atomic E-state index is -0.332. The first kappa shape index (κ1) is 68.2. The molecule has 6 aromatic heterocycles. The molecule has 0 aliphatic carbocycles.